The van der Waals surface area contributed by atoms with Crippen molar-refractivity contribution in [1.82, 2.24) is 4.98 Å². The molecule has 0 aliphatic heterocycles. The highest BCUT2D eigenvalue weighted by Crippen LogP contribution is 2.41. The normalized spacial score (nSPS) is 11.9. The first-order chi connectivity index (χ1) is 14.6. The summed E-state index contributed by atoms with van der Waals surface area (Å²) in [6.45, 7) is -0.202. The first-order valence-corrected chi connectivity index (χ1v) is 9.62. The standard InChI is InChI=1S/C24H22N2O4/c1-29-21-13-12-17(14-22(21)30-2)24-23(18-10-6-7-11-20(18)25-24)19(15-26(27)28)16-8-4-3-5-9-16/h3-14,19,25H,15H2,1-2H3/t19-/m1/s1. The molecule has 0 bridgehead atoms. The van der Waals surface area contributed by atoms with Crippen LogP contribution in [0.4, 0.5) is 0 Å². The van der Waals surface area contributed by atoms with Crippen molar-refractivity contribution in [3.63, 3.8) is 0 Å². The van der Waals surface area contributed by atoms with E-state index in [4.69, 9.17) is 9.47 Å². The zero-order chi connectivity index (χ0) is 21.1. The minimum atomic E-state index is -0.402. The molecule has 0 aliphatic carbocycles. The molecule has 30 heavy (non-hydrogen) atoms. The number of benzene rings is 3. The third kappa shape index (κ3) is 3.59. The van der Waals surface area contributed by atoms with Crippen LogP contribution in [0.3, 0.4) is 0 Å². The van der Waals surface area contributed by atoms with Crippen molar-refractivity contribution in [3.05, 3.63) is 94.0 Å². The molecule has 0 spiro atoms. The summed E-state index contributed by atoms with van der Waals surface area (Å²) in [5.74, 6) is 0.828. The molecule has 1 atom stereocenters. The molecule has 1 aromatic heterocycles. The van der Waals surface area contributed by atoms with Gasteiger partial charge in [0.05, 0.1) is 25.8 Å². The highest BCUT2D eigenvalue weighted by Gasteiger charge is 2.27. The molecule has 6 nitrogen and oxygen atoms in total. The summed E-state index contributed by atoms with van der Waals surface area (Å²) in [7, 11) is 3.18. The monoisotopic (exact) mass is 402 g/mol. The van der Waals surface area contributed by atoms with Crippen LogP contribution >= 0.6 is 0 Å². The Bertz CT molecular complexity index is 1180. The average Bonchev–Trinajstić information content (AvgIpc) is 3.16. The fourth-order valence-electron chi connectivity index (χ4n) is 3.94. The van der Waals surface area contributed by atoms with E-state index in [9.17, 15) is 10.1 Å². The number of hydrogen-bond donors (Lipinski definition) is 1. The van der Waals surface area contributed by atoms with E-state index in [1.807, 2.05) is 72.8 Å². The Morgan fingerprint density at radius 1 is 0.933 bits per heavy atom. The zero-order valence-corrected chi connectivity index (χ0v) is 16.8. The molecule has 0 unspecified atom stereocenters. The summed E-state index contributed by atoms with van der Waals surface area (Å²) >= 11 is 0. The predicted molar refractivity (Wildman–Crippen MR) is 117 cm³/mol. The number of nitrogens with one attached hydrogen (secondary N) is 1. The number of hydrogen-bond acceptors (Lipinski definition) is 4. The van der Waals surface area contributed by atoms with Crippen molar-refractivity contribution in [3.8, 4) is 22.8 Å². The third-order valence-electron chi connectivity index (χ3n) is 5.30. The molecule has 0 saturated carbocycles. The first-order valence-electron chi connectivity index (χ1n) is 9.62. The lowest BCUT2D eigenvalue weighted by Gasteiger charge is -2.16. The second kappa shape index (κ2) is 8.29. The zero-order valence-electron chi connectivity index (χ0n) is 16.8. The molecule has 0 aliphatic rings. The molecule has 4 aromatic rings. The number of H-pyrrole nitrogens is 1. The van der Waals surface area contributed by atoms with Gasteiger partial charge in [0.25, 0.3) is 0 Å². The molecule has 1 heterocycles. The van der Waals surface area contributed by atoms with Crippen molar-refractivity contribution in [1.29, 1.82) is 0 Å². The van der Waals surface area contributed by atoms with Gasteiger partial charge in [-0.25, -0.2) is 0 Å². The SMILES string of the molecule is COc1ccc(-c2[nH]c3ccccc3c2[C@H](C[N+](=O)[O-])c2ccccc2)cc1OC. The minimum Gasteiger partial charge on any atom is -0.493 e. The number of ether oxygens (including phenoxy) is 2. The molecule has 152 valence electrons. The van der Waals surface area contributed by atoms with E-state index in [-0.39, 0.29) is 11.5 Å². The van der Waals surface area contributed by atoms with Crippen LogP contribution in [0, 0.1) is 10.1 Å². The Hall–Kier alpha value is -3.80. The maximum atomic E-state index is 11.6. The van der Waals surface area contributed by atoms with Crippen LogP contribution in [0.5, 0.6) is 11.5 Å². The van der Waals surface area contributed by atoms with Gasteiger partial charge in [-0.1, -0.05) is 48.5 Å². The van der Waals surface area contributed by atoms with Crippen molar-refractivity contribution in [2.75, 3.05) is 20.8 Å². The molecule has 3 aromatic carbocycles. The Morgan fingerprint density at radius 3 is 2.33 bits per heavy atom. The molecule has 0 amide bonds. The van der Waals surface area contributed by atoms with Gasteiger partial charge < -0.3 is 14.5 Å². The van der Waals surface area contributed by atoms with E-state index in [1.54, 1.807) is 14.2 Å². The van der Waals surface area contributed by atoms with E-state index < -0.39 is 5.92 Å². The summed E-state index contributed by atoms with van der Waals surface area (Å²) in [5.41, 5.74) is 4.46. The van der Waals surface area contributed by atoms with Gasteiger partial charge >= 0.3 is 0 Å². The van der Waals surface area contributed by atoms with Crippen LogP contribution in [-0.4, -0.2) is 30.7 Å². The number of nitro groups is 1. The van der Waals surface area contributed by atoms with Gasteiger partial charge in [0.15, 0.2) is 11.5 Å². The number of aromatic nitrogens is 1. The Labute approximate surface area is 174 Å². The van der Waals surface area contributed by atoms with Crippen molar-refractivity contribution < 1.29 is 14.4 Å². The molecule has 0 saturated heterocycles. The van der Waals surface area contributed by atoms with Crippen molar-refractivity contribution in [2.45, 2.75) is 5.92 Å². The minimum absolute atomic E-state index is 0.202. The van der Waals surface area contributed by atoms with Gasteiger partial charge in [0.2, 0.25) is 6.54 Å². The van der Waals surface area contributed by atoms with Gasteiger partial charge in [0, 0.05) is 21.4 Å². The van der Waals surface area contributed by atoms with Gasteiger partial charge in [-0.15, -0.1) is 0 Å². The highest BCUT2D eigenvalue weighted by molar-refractivity contribution is 5.92. The molecule has 4 rings (SSSR count). The lowest BCUT2D eigenvalue weighted by molar-refractivity contribution is -0.481. The number of nitrogens with zero attached hydrogens (tertiary/aromatic N) is 1. The van der Waals surface area contributed by atoms with Gasteiger partial charge in [0.1, 0.15) is 0 Å². The fraction of sp³-hybridized carbons (Fsp3) is 0.167. The van der Waals surface area contributed by atoms with Gasteiger partial charge in [-0.3, -0.25) is 10.1 Å². The van der Waals surface area contributed by atoms with Crippen molar-refractivity contribution >= 4 is 10.9 Å². The number of para-hydroxylation sites is 1. The van der Waals surface area contributed by atoms with Crippen LogP contribution < -0.4 is 9.47 Å². The molecular weight excluding hydrogens is 380 g/mol. The van der Waals surface area contributed by atoms with Crippen molar-refractivity contribution in [2.24, 2.45) is 0 Å². The third-order valence-corrected chi connectivity index (χ3v) is 5.30. The summed E-state index contributed by atoms with van der Waals surface area (Å²) in [4.78, 5) is 14.8. The number of aromatic amines is 1. The van der Waals surface area contributed by atoms with Crippen LogP contribution in [0.1, 0.15) is 17.0 Å². The van der Waals surface area contributed by atoms with Gasteiger partial charge in [-0.05, 0) is 35.4 Å². The maximum Gasteiger partial charge on any atom is 0.214 e. The van der Waals surface area contributed by atoms with Crippen LogP contribution in [0.25, 0.3) is 22.2 Å². The summed E-state index contributed by atoms with van der Waals surface area (Å²) < 4.78 is 10.8. The van der Waals surface area contributed by atoms with Crippen LogP contribution in [0.15, 0.2) is 72.8 Å². The lowest BCUT2D eigenvalue weighted by atomic mass is 9.87. The quantitative estimate of drug-likeness (QED) is 0.338. The lowest BCUT2D eigenvalue weighted by Crippen LogP contribution is -2.14. The van der Waals surface area contributed by atoms with E-state index in [2.05, 4.69) is 4.98 Å². The van der Waals surface area contributed by atoms with Crippen LogP contribution in [0.2, 0.25) is 0 Å². The largest absolute Gasteiger partial charge is 0.493 e. The summed E-state index contributed by atoms with van der Waals surface area (Å²) in [6.07, 6.45) is 0. The van der Waals surface area contributed by atoms with Crippen LogP contribution in [-0.2, 0) is 0 Å². The van der Waals surface area contributed by atoms with E-state index >= 15 is 0 Å². The second-order valence-corrected chi connectivity index (χ2v) is 7.01. The maximum absolute atomic E-state index is 11.6. The Balaban J connectivity index is 1.98. The number of rotatable bonds is 7. The molecular formula is C24H22N2O4. The summed E-state index contributed by atoms with van der Waals surface area (Å²) in [6, 6.07) is 23.2. The number of fused-ring (bicyclic) bond motifs is 1. The highest BCUT2D eigenvalue weighted by atomic mass is 16.6. The second-order valence-electron chi connectivity index (χ2n) is 7.01. The fourth-order valence-corrected chi connectivity index (χ4v) is 3.94. The Kier molecular flexibility index (Phi) is 5.39. The van der Waals surface area contributed by atoms with E-state index in [1.165, 1.54) is 0 Å². The summed E-state index contributed by atoms with van der Waals surface area (Å²) in [5, 5.41) is 12.6. The molecule has 6 heteroatoms. The average molecular weight is 402 g/mol. The first kappa shape index (κ1) is 19.5. The van der Waals surface area contributed by atoms with E-state index in [0.29, 0.717) is 11.5 Å². The molecule has 1 N–H and O–H groups in total. The van der Waals surface area contributed by atoms with E-state index in [0.717, 1.165) is 33.3 Å². The smallest absolute Gasteiger partial charge is 0.214 e. The molecule has 0 fully saturated rings. The predicted octanol–water partition coefficient (Wildman–Crippen LogP) is 5.26. The Morgan fingerprint density at radius 2 is 1.63 bits per heavy atom. The van der Waals surface area contributed by atoms with Gasteiger partial charge in [-0.2, -0.15) is 0 Å². The number of methoxy groups -OCH3 is 2. The molecule has 0 radical (unpaired) electrons. The topological polar surface area (TPSA) is 77.4 Å².